The van der Waals surface area contributed by atoms with E-state index in [0.29, 0.717) is 11.2 Å². The van der Waals surface area contributed by atoms with E-state index in [4.69, 9.17) is 0 Å². The quantitative estimate of drug-likeness (QED) is 0.768. The van der Waals surface area contributed by atoms with Crippen molar-refractivity contribution in [2.24, 2.45) is 5.92 Å². The number of hydrogen-bond acceptors (Lipinski definition) is 2. The minimum absolute atomic E-state index is 0.278. The normalized spacial score (nSPS) is 31.1. The fourth-order valence-corrected chi connectivity index (χ4v) is 5.56. The molecule has 1 aromatic carbocycles. The Morgan fingerprint density at radius 3 is 2.45 bits per heavy atom. The van der Waals surface area contributed by atoms with E-state index in [1.54, 1.807) is 0 Å². The van der Waals surface area contributed by atoms with Gasteiger partial charge in [-0.1, -0.05) is 43.2 Å². The van der Waals surface area contributed by atoms with Crippen molar-refractivity contribution in [1.29, 1.82) is 5.26 Å². The van der Waals surface area contributed by atoms with Crippen molar-refractivity contribution in [2.75, 3.05) is 0 Å². The van der Waals surface area contributed by atoms with Gasteiger partial charge in [-0.15, -0.1) is 0 Å². The lowest BCUT2D eigenvalue weighted by atomic mass is 9.79. The first-order valence-electron chi connectivity index (χ1n) is 7.97. The van der Waals surface area contributed by atoms with E-state index in [1.807, 2.05) is 0 Å². The molecule has 0 saturated heterocycles. The lowest BCUT2D eigenvalue weighted by molar-refractivity contribution is 0.392. The van der Waals surface area contributed by atoms with Gasteiger partial charge in [0.25, 0.3) is 0 Å². The number of rotatable bonds is 3. The summed E-state index contributed by atoms with van der Waals surface area (Å²) in [6.45, 7) is 0. The van der Waals surface area contributed by atoms with Crippen LogP contribution in [0.4, 0.5) is 0 Å². The van der Waals surface area contributed by atoms with Crippen molar-refractivity contribution in [3.05, 3.63) is 35.9 Å². The fourth-order valence-electron chi connectivity index (χ4n) is 3.73. The van der Waals surface area contributed by atoms with Crippen molar-refractivity contribution >= 4 is 11.8 Å². The summed E-state index contributed by atoms with van der Waals surface area (Å²) in [5, 5.41) is 10.8. The molecule has 0 bridgehead atoms. The summed E-state index contributed by atoms with van der Waals surface area (Å²) in [5.41, 5.74) is 1.47. The highest BCUT2D eigenvalue weighted by Gasteiger charge is 2.33. The Bertz CT molecular complexity index is 458. The molecule has 0 heterocycles. The summed E-state index contributed by atoms with van der Waals surface area (Å²) < 4.78 is 0. The van der Waals surface area contributed by atoms with E-state index < -0.39 is 0 Å². The summed E-state index contributed by atoms with van der Waals surface area (Å²) in [6.07, 6.45) is 8.99. The fraction of sp³-hybridized carbons (Fsp3) is 0.611. The van der Waals surface area contributed by atoms with Crippen molar-refractivity contribution in [1.82, 2.24) is 0 Å². The van der Waals surface area contributed by atoms with Gasteiger partial charge in [0, 0.05) is 10.5 Å². The van der Waals surface area contributed by atoms with Crippen LogP contribution in [0, 0.1) is 17.2 Å². The maximum Gasteiger partial charge on any atom is 0.0667 e. The predicted octanol–water partition coefficient (Wildman–Crippen LogP) is 5.14. The second-order valence-corrected chi connectivity index (χ2v) is 7.78. The van der Waals surface area contributed by atoms with Gasteiger partial charge in [0.1, 0.15) is 0 Å². The average molecular weight is 285 g/mol. The molecule has 2 fully saturated rings. The highest BCUT2D eigenvalue weighted by Crippen LogP contribution is 2.44. The third-order valence-electron chi connectivity index (χ3n) is 4.90. The van der Waals surface area contributed by atoms with Gasteiger partial charge in [0.2, 0.25) is 0 Å². The summed E-state index contributed by atoms with van der Waals surface area (Å²) in [6, 6.07) is 13.5. The Kier molecular flexibility index (Phi) is 4.68. The lowest BCUT2D eigenvalue weighted by Gasteiger charge is -2.34. The van der Waals surface area contributed by atoms with Crippen LogP contribution in [0.2, 0.25) is 0 Å². The van der Waals surface area contributed by atoms with Gasteiger partial charge in [-0.2, -0.15) is 17.0 Å². The van der Waals surface area contributed by atoms with Crippen LogP contribution in [0.25, 0.3) is 0 Å². The van der Waals surface area contributed by atoms with Gasteiger partial charge < -0.3 is 0 Å². The Morgan fingerprint density at radius 2 is 1.75 bits per heavy atom. The second kappa shape index (κ2) is 6.68. The zero-order chi connectivity index (χ0) is 13.8. The smallest absolute Gasteiger partial charge is 0.0667 e. The van der Waals surface area contributed by atoms with Crippen molar-refractivity contribution in [2.45, 2.75) is 61.4 Å². The molecule has 2 aliphatic rings. The summed E-state index contributed by atoms with van der Waals surface area (Å²) >= 11 is 2.14. The third-order valence-corrected chi connectivity index (χ3v) is 6.62. The highest BCUT2D eigenvalue weighted by molar-refractivity contribution is 8.00. The molecule has 0 aromatic heterocycles. The topological polar surface area (TPSA) is 23.8 Å². The van der Waals surface area contributed by atoms with E-state index in [-0.39, 0.29) is 5.92 Å². The van der Waals surface area contributed by atoms with Gasteiger partial charge >= 0.3 is 0 Å². The molecule has 2 heteroatoms. The highest BCUT2D eigenvalue weighted by atomic mass is 32.2. The maximum absolute atomic E-state index is 9.43. The summed E-state index contributed by atoms with van der Waals surface area (Å²) in [7, 11) is 0. The maximum atomic E-state index is 9.43. The van der Waals surface area contributed by atoms with Gasteiger partial charge in [-0.25, -0.2) is 0 Å². The molecule has 3 rings (SSSR count). The molecule has 1 aromatic rings. The molecule has 0 spiro atoms. The minimum atomic E-state index is 0.278. The van der Waals surface area contributed by atoms with Gasteiger partial charge in [-0.05, 0) is 43.6 Å². The average Bonchev–Trinajstić information content (AvgIpc) is 3.01. The standard InChI is InChI=1S/C18H23NS/c19-13-16-11-10-15(14-6-2-1-3-7-14)12-18(16)20-17-8-4-5-9-17/h1-3,6-7,15-18H,4-5,8-12H2. The molecule has 1 nitrogen and oxygen atoms in total. The van der Waals surface area contributed by atoms with Gasteiger partial charge in [0.15, 0.2) is 0 Å². The zero-order valence-electron chi connectivity index (χ0n) is 12.0. The minimum Gasteiger partial charge on any atom is -0.198 e. The molecule has 2 saturated carbocycles. The first kappa shape index (κ1) is 14.0. The first-order valence-corrected chi connectivity index (χ1v) is 8.91. The summed E-state index contributed by atoms with van der Waals surface area (Å²) in [4.78, 5) is 0. The van der Waals surface area contributed by atoms with Crippen LogP contribution < -0.4 is 0 Å². The number of nitrogens with zero attached hydrogens (tertiary/aromatic N) is 1. The molecule has 3 atom stereocenters. The Hall–Kier alpha value is -0.940. The Morgan fingerprint density at radius 1 is 1.00 bits per heavy atom. The van der Waals surface area contributed by atoms with E-state index in [0.717, 1.165) is 11.7 Å². The third kappa shape index (κ3) is 3.20. The molecule has 0 amide bonds. The molecule has 3 unspecified atom stereocenters. The predicted molar refractivity (Wildman–Crippen MR) is 85.8 cm³/mol. The zero-order valence-corrected chi connectivity index (χ0v) is 12.8. The van der Waals surface area contributed by atoms with Crippen LogP contribution >= 0.6 is 11.8 Å². The van der Waals surface area contributed by atoms with Crippen molar-refractivity contribution < 1.29 is 0 Å². The Labute approximate surface area is 126 Å². The van der Waals surface area contributed by atoms with Crippen LogP contribution in [0.5, 0.6) is 0 Å². The molecule has 0 N–H and O–H groups in total. The monoisotopic (exact) mass is 285 g/mol. The number of thioether (sulfide) groups is 1. The van der Waals surface area contributed by atoms with Gasteiger partial charge in [-0.3, -0.25) is 0 Å². The summed E-state index contributed by atoms with van der Waals surface area (Å²) in [5.74, 6) is 0.945. The number of hydrogen-bond donors (Lipinski definition) is 0. The molecular formula is C18H23NS. The molecule has 0 aliphatic heterocycles. The van der Waals surface area contributed by atoms with Crippen LogP contribution in [-0.2, 0) is 0 Å². The molecule has 0 radical (unpaired) electrons. The van der Waals surface area contributed by atoms with Crippen LogP contribution in [0.15, 0.2) is 30.3 Å². The second-order valence-electron chi connectivity index (χ2n) is 6.24. The largest absolute Gasteiger partial charge is 0.198 e. The molecule has 106 valence electrons. The van der Waals surface area contributed by atoms with Crippen molar-refractivity contribution in [3.63, 3.8) is 0 Å². The molecule has 20 heavy (non-hydrogen) atoms. The van der Waals surface area contributed by atoms with Crippen LogP contribution in [0.3, 0.4) is 0 Å². The van der Waals surface area contributed by atoms with E-state index in [2.05, 4.69) is 48.2 Å². The van der Waals surface area contributed by atoms with Crippen molar-refractivity contribution in [3.8, 4) is 6.07 Å². The molecular weight excluding hydrogens is 262 g/mol. The van der Waals surface area contributed by atoms with E-state index >= 15 is 0 Å². The lowest BCUT2D eigenvalue weighted by Crippen LogP contribution is -2.27. The van der Waals surface area contributed by atoms with Crippen LogP contribution in [0.1, 0.15) is 56.4 Å². The Balaban J connectivity index is 1.67. The first-order chi connectivity index (χ1) is 9.86. The van der Waals surface area contributed by atoms with Crippen LogP contribution in [-0.4, -0.2) is 10.5 Å². The van der Waals surface area contributed by atoms with E-state index in [1.165, 1.54) is 44.1 Å². The van der Waals surface area contributed by atoms with Gasteiger partial charge in [0.05, 0.1) is 12.0 Å². The van der Waals surface area contributed by atoms with E-state index in [9.17, 15) is 5.26 Å². The number of nitriles is 1. The molecule has 2 aliphatic carbocycles. The SMILES string of the molecule is N#CC1CCC(c2ccccc2)CC1SC1CCCC1. The number of benzene rings is 1.